The van der Waals surface area contributed by atoms with Gasteiger partial charge in [0.1, 0.15) is 0 Å². The molecule has 0 bridgehead atoms. The van der Waals surface area contributed by atoms with E-state index in [0.717, 1.165) is 0 Å². The van der Waals surface area contributed by atoms with E-state index in [4.69, 9.17) is 4.74 Å². The molecule has 148 valence electrons. The largest absolute Gasteiger partial charge is 0.448 e. The second-order valence-electron chi connectivity index (χ2n) is 6.59. The van der Waals surface area contributed by atoms with Gasteiger partial charge in [-0.15, -0.1) is 0 Å². The Labute approximate surface area is 170 Å². The summed E-state index contributed by atoms with van der Waals surface area (Å²) < 4.78 is 5.09. The zero-order valence-corrected chi connectivity index (χ0v) is 15.8. The zero-order chi connectivity index (χ0) is 21.3. The number of nitrogens with zero attached hydrogens (tertiary/aromatic N) is 2. The third kappa shape index (κ3) is 3.46. The number of hydrogen-bond donors (Lipinski definition) is 1. The van der Waals surface area contributed by atoms with Crippen LogP contribution in [-0.2, 0) is 9.53 Å². The average Bonchev–Trinajstić information content (AvgIpc) is 2.78. The first-order chi connectivity index (χ1) is 14.5. The SMILES string of the molecule is C[C@H](OC(=O)c1cnccn1)C(=O)Nc1ccc2c(c1)C(=O)c1ccccc1C2=O. The molecule has 4 rings (SSSR count). The molecular weight excluding hydrogens is 386 g/mol. The topological polar surface area (TPSA) is 115 Å². The lowest BCUT2D eigenvalue weighted by Crippen LogP contribution is -2.30. The van der Waals surface area contributed by atoms with Crippen LogP contribution in [0.5, 0.6) is 0 Å². The number of esters is 1. The van der Waals surface area contributed by atoms with Gasteiger partial charge in [-0.2, -0.15) is 0 Å². The van der Waals surface area contributed by atoms with Gasteiger partial charge in [0, 0.05) is 40.3 Å². The van der Waals surface area contributed by atoms with E-state index in [9.17, 15) is 19.2 Å². The van der Waals surface area contributed by atoms with Gasteiger partial charge in [-0.3, -0.25) is 19.4 Å². The lowest BCUT2D eigenvalue weighted by atomic mass is 9.84. The average molecular weight is 401 g/mol. The van der Waals surface area contributed by atoms with Crippen molar-refractivity contribution in [3.05, 3.63) is 89.0 Å². The second kappa shape index (κ2) is 7.67. The molecule has 0 unspecified atom stereocenters. The van der Waals surface area contributed by atoms with Crippen LogP contribution in [0.3, 0.4) is 0 Å². The Balaban J connectivity index is 1.51. The molecule has 0 radical (unpaired) electrons. The smallest absolute Gasteiger partial charge is 0.359 e. The minimum atomic E-state index is -1.12. The molecule has 1 N–H and O–H groups in total. The fraction of sp³-hybridized carbons (Fsp3) is 0.0909. The molecule has 8 nitrogen and oxygen atoms in total. The molecule has 0 saturated carbocycles. The highest BCUT2D eigenvalue weighted by Crippen LogP contribution is 2.29. The number of aromatic nitrogens is 2. The third-order valence-electron chi connectivity index (χ3n) is 4.62. The van der Waals surface area contributed by atoms with E-state index in [0.29, 0.717) is 16.8 Å². The van der Waals surface area contributed by atoms with Crippen molar-refractivity contribution in [2.45, 2.75) is 13.0 Å². The maximum Gasteiger partial charge on any atom is 0.359 e. The van der Waals surface area contributed by atoms with E-state index in [1.165, 1.54) is 43.7 Å². The minimum absolute atomic E-state index is 0.0197. The van der Waals surface area contributed by atoms with Gasteiger partial charge < -0.3 is 10.1 Å². The maximum absolute atomic E-state index is 12.8. The van der Waals surface area contributed by atoms with Crippen LogP contribution in [0.25, 0.3) is 0 Å². The molecule has 0 aliphatic heterocycles. The van der Waals surface area contributed by atoms with Crippen molar-refractivity contribution in [3.8, 4) is 0 Å². The Morgan fingerprint density at radius 2 is 1.60 bits per heavy atom. The summed E-state index contributed by atoms with van der Waals surface area (Å²) in [5, 5.41) is 2.59. The number of anilines is 1. The Morgan fingerprint density at radius 1 is 0.933 bits per heavy atom. The number of hydrogen-bond acceptors (Lipinski definition) is 7. The van der Waals surface area contributed by atoms with Crippen LogP contribution in [0.4, 0.5) is 5.69 Å². The predicted octanol–water partition coefficient (Wildman–Crippen LogP) is 2.44. The van der Waals surface area contributed by atoms with Gasteiger partial charge in [-0.25, -0.2) is 9.78 Å². The summed E-state index contributed by atoms with van der Waals surface area (Å²) in [5.41, 5.74) is 1.45. The summed E-state index contributed by atoms with van der Waals surface area (Å²) in [6.07, 6.45) is 2.86. The molecule has 1 aliphatic carbocycles. The molecule has 30 heavy (non-hydrogen) atoms. The molecule has 1 aromatic heterocycles. The molecule has 1 amide bonds. The molecule has 1 aliphatic rings. The van der Waals surface area contributed by atoms with Gasteiger partial charge in [0.15, 0.2) is 23.4 Å². The second-order valence-corrected chi connectivity index (χ2v) is 6.59. The van der Waals surface area contributed by atoms with E-state index < -0.39 is 18.0 Å². The molecule has 2 aromatic carbocycles. The number of carbonyl (C=O) groups excluding carboxylic acids is 4. The third-order valence-corrected chi connectivity index (χ3v) is 4.62. The molecule has 8 heteroatoms. The summed E-state index contributed by atoms with van der Waals surface area (Å²) in [5.74, 6) is -1.92. The van der Waals surface area contributed by atoms with Crippen LogP contribution in [0.15, 0.2) is 61.1 Å². The first-order valence-electron chi connectivity index (χ1n) is 9.06. The number of amides is 1. The Bertz CT molecular complexity index is 1190. The molecule has 0 fully saturated rings. The van der Waals surface area contributed by atoms with Crippen molar-refractivity contribution in [3.63, 3.8) is 0 Å². The van der Waals surface area contributed by atoms with Gasteiger partial charge in [0.2, 0.25) is 0 Å². The molecule has 1 heterocycles. The molecule has 1 atom stereocenters. The lowest BCUT2D eigenvalue weighted by Gasteiger charge is -2.19. The van der Waals surface area contributed by atoms with Gasteiger partial charge >= 0.3 is 5.97 Å². The van der Waals surface area contributed by atoms with Crippen molar-refractivity contribution < 1.29 is 23.9 Å². The van der Waals surface area contributed by atoms with Crippen molar-refractivity contribution >= 4 is 29.1 Å². The monoisotopic (exact) mass is 401 g/mol. The van der Waals surface area contributed by atoms with E-state index in [2.05, 4.69) is 15.3 Å². The molecule has 3 aromatic rings. The highest BCUT2D eigenvalue weighted by atomic mass is 16.5. The van der Waals surface area contributed by atoms with Crippen LogP contribution in [0, 0.1) is 0 Å². The fourth-order valence-electron chi connectivity index (χ4n) is 3.10. The highest BCUT2D eigenvalue weighted by molar-refractivity contribution is 6.28. The number of benzene rings is 2. The van der Waals surface area contributed by atoms with Crippen LogP contribution >= 0.6 is 0 Å². The van der Waals surface area contributed by atoms with Gasteiger partial charge in [-0.1, -0.05) is 24.3 Å². The van der Waals surface area contributed by atoms with Crippen molar-refractivity contribution in [1.29, 1.82) is 0 Å². The summed E-state index contributed by atoms with van der Waals surface area (Å²) >= 11 is 0. The Hall–Kier alpha value is -4.20. The first kappa shape index (κ1) is 19.1. The normalized spacial score (nSPS) is 13.1. The van der Waals surface area contributed by atoms with E-state index >= 15 is 0 Å². The van der Waals surface area contributed by atoms with Crippen LogP contribution in [0.1, 0.15) is 49.3 Å². The summed E-state index contributed by atoms with van der Waals surface area (Å²) in [6, 6.07) is 11.1. The van der Waals surface area contributed by atoms with Crippen molar-refractivity contribution in [1.82, 2.24) is 9.97 Å². The quantitative estimate of drug-likeness (QED) is 0.522. The van der Waals surface area contributed by atoms with E-state index in [-0.39, 0.29) is 28.4 Å². The molecular formula is C22H15N3O5. The number of fused-ring (bicyclic) bond motifs is 2. The molecule has 0 spiro atoms. The Kier molecular flexibility index (Phi) is 4.89. The number of ketones is 2. The summed E-state index contributed by atoms with van der Waals surface area (Å²) in [7, 11) is 0. The van der Waals surface area contributed by atoms with Crippen LogP contribution in [-0.4, -0.2) is 39.5 Å². The fourth-order valence-corrected chi connectivity index (χ4v) is 3.10. The van der Waals surface area contributed by atoms with Gasteiger partial charge in [0.25, 0.3) is 5.91 Å². The van der Waals surface area contributed by atoms with Gasteiger partial charge in [-0.05, 0) is 25.1 Å². The number of carbonyl (C=O) groups is 4. The highest BCUT2D eigenvalue weighted by Gasteiger charge is 2.29. The maximum atomic E-state index is 12.8. The van der Waals surface area contributed by atoms with Gasteiger partial charge in [0.05, 0.1) is 6.20 Å². The first-order valence-corrected chi connectivity index (χ1v) is 9.06. The number of nitrogens with one attached hydrogen (secondary N) is 1. The zero-order valence-electron chi connectivity index (χ0n) is 15.8. The van der Waals surface area contributed by atoms with E-state index in [1.807, 2.05) is 0 Å². The Morgan fingerprint density at radius 3 is 2.27 bits per heavy atom. The van der Waals surface area contributed by atoms with Crippen LogP contribution < -0.4 is 5.32 Å². The number of ether oxygens (including phenoxy) is 1. The summed E-state index contributed by atoms with van der Waals surface area (Å²) in [4.78, 5) is 57.4. The van der Waals surface area contributed by atoms with Crippen molar-refractivity contribution in [2.24, 2.45) is 0 Å². The standard InChI is InChI=1S/C22H15N3O5/c1-12(30-22(29)18-11-23-8-9-24-18)21(28)25-13-6-7-16-17(10-13)20(27)15-5-3-2-4-14(15)19(16)26/h2-12H,1H3,(H,25,28)/t12-/m0/s1. The summed E-state index contributed by atoms with van der Waals surface area (Å²) in [6.45, 7) is 1.41. The van der Waals surface area contributed by atoms with Crippen LogP contribution in [0.2, 0.25) is 0 Å². The van der Waals surface area contributed by atoms with Crippen molar-refractivity contribution in [2.75, 3.05) is 5.32 Å². The molecule has 0 saturated heterocycles. The number of rotatable bonds is 4. The minimum Gasteiger partial charge on any atom is -0.448 e. The predicted molar refractivity (Wildman–Crippen MR) is 105 cm³/mol. The lowest BCUT2D eigenvalue weighted by molar-refractivity contribution is -0.123. The van der Waals surface area contributed by atoms with E-state index in [1.54, 1.807) is 24.3 Å².